The van der Waals surface area contributed by atoms with E-state index in [0.29, 0.717) is 0 Å². The summed E-state index contributed by atoms with van der Waals surface area (Å²) in [7, 11) is 0. The van der Waals surface area contributed by atoms with Gasteiger partial charge in [0, 0.05) is 31.9 Å². The van der Waals surface area contributed by atoms with Gasteiger partial charge in [-0.25, -0.2) is 9.78 Å². The van der Waals surface area contributed by atoms with E-state index in [9.17, 15) is 4.79 Å². The molecule has 1 amide bonds. The lowest BCUT2D eigenvalue weighted by atomic mass is 9.91. The van der Waals surface area contributed by atoms with Crippen LogP contribution in [-0.4, -0.2) is 39.7 Å². The molecule has 2 rings (SSSR count). The average Bonchev–Trinajstić information content (AvgIpc) is 2.91. The maximum atomic E-state index is 12.0. The third kappa shape index (κ3) is 5.40. The van der Waals surface area contributed by atoms with E-state index in [2.05, 4.69) is 9.97 Å². The van der Waals surface area contributed by atoms with Crippen LogP contribution < -0.4 is 0 Å². The number of hydrogen-bond acceptors (Lipinski definition) is 3. The van der Waals surface area contributed by atoms with Crippen LogP contribution in [0.1, 0.15) is 52.3 Å². The second-order valence-electron chi connectivity index (χ2n) is 6.84. The van der Waals surface area contributed by atoms with Gasteiger partial charge in [0.25, 0.3) is 0 Å². The van der Waals surface area contributed by atoms with Gasteiger partial charge >= 0.3 is 6.09 Å². The topological polar surface area (TPSA) is 58.2 Å². The van der Waals surface area contributed by atoms with Crippen molar-refractivity contribution in [2.24, 2.45) is 5.92 Å². The predicted octanol–water partition coefficient (Wildman–Crippen LogP) is 3.38. The van der Waals surface area contributed by atoms with E-state index < -0.39 is 5.60 Å². The zero-order valence-corrected chi connectivity index (χ0v) is 13.4. The summed E-state index contributed by atoms with van der Waals surface area (Å²) in [5, 5.41) is 0. The summed E-state index contributed by atoms with van der Waals surface area (Å²) in [5.41, 5.74) is -0.406. The maximum absolute atomic E-state index is 12.0. The highest BCUT2D eigenvalue weighted by Crippen LogP contribution is 2.23. The summed E-state index contributed by atoms with van der Waals surface area (Å²) >= 11 is 0. The van der Waals surface area contributed by atoms with Gasteiger partial charge in [0.15, 0.2) is 0 Å². The molecular weight excluding hydrogens is 266 g/mol. The second-order valence-corrected chi connectivity index (χ2v) is 6.84. The molecule has 0 unspecified atom stereocenters. The fourth-order valence-electron chi connectivity index (χ4n) is 2.72. The number of rotatable bonds is 4. The molecule has 0 radical (unpaired) electrons. The number of H-pyrrole nitrogens is 1. The Kier molecular flexibility index (Phi) is 5.26. The average molecular weight is 293 g/mol. The number of imidazole rings is 1. The number of ether oxygens (including phenoxy) is 1. The number of nitrogens with zero attached hydrogens (tertiary/aromatic N) is 2. The Hall–Kier alpha value is -1.52. The lowest BCUT2D eigenvalue weighted by Gasteiger charge is -2.33. The van der Waals surface area contributed by atoms with Crippen molar-refractivity contribution in [1.29, 1.82) is 0 Å². The first-order chi connectivity index (χ1) is 9.94. The zero-order chi connectivity index (χ0) is 15.3. The molecule has 5 nitrogen and oxygen atoms in total. The first-order valence-corrected chi connectivity index (χ1v) is 7.90. The van der Waals surface area contributed by atoms with Gasteiger partial charge in [-0.15, -0.1) is 0 Å². The molecule has 0 aliphatic carbocycles. The SMILES string of the molecule is CC(C)(C)OC(=O)N1CCC(CCCc2ncc[nH]2)CC1. The minimum atomic E-state index is -0.406. The van der Waals surface area contributed by atoms with E-state index in [1.807, 2.05) is 31.9 Å². The molecule has 118 valence electrons. The lowest BCUT2D eigenvalue weighted by molar-refractivity contribution is 0.0180. The van der Waals surface area contributed by atoms with Crippen molar-refractivity contribution in [2.75, 3.05) is 13.1 Å². The van der Waals surface area contributed by atoms with Gasteiger partial charge in [0.05, 0.1) is 0 Å². The molecule has 1 aromatic heterocycles. The number of piperidine rings is 1. The number of carbonyl (C=O) groups excluding carboxylic acids is 1. The van der Waals surface area contributed by atoms with Gasteiger partial charge in [0.1, 0.15) is 11.4 Å². The van der Waals surface area contributed by atoms with Crippen LogP contribution in [0.15, 0.2) is 12.4 Å². The fraction of sp³-hybridized carbons (Fsp3) is 0.750. The van der Waals surface area contributed by atoms with Gasteiger partial charge in [-0.1, -0.05) is 0 Å². The Morgan fingerprint density at radius 3 is 2.71 bits per heavy atom. The van der Waals surface area contributed by atoms with Crippen LogP contribution in [0.5, 0.6) is 0 Å². The largest absolute Gasteiger partial charge is 0.444 e. The number of aromatic nitrogens is 2. The number of aryl methyl sites for hydroxylation is 1. The van der Waals surface area contributed by atoms with Crippen molar-refractivity contribution < 1.29 is 9.53 Å². The normalized spacial score (nSPS) is 17.0. The predicted molar refractivity (Wildman–Crippen MR) is 82.1 cm³/mol. The fourth-order valence-corrected chi connectivity index (χ4v) is 2.72. The Bertz CT molecular complexity index is 429. The molecule has 0 atom stereocenters. The summed E-state index contributed by atoms with van der Waals surface area (Å²) in [6, 6.07) is 0. The van der Waals surface area contributed by atoms with Crippen molar-refractivity contribution in [3.63, 3.8) is 0 Å². The molecule has 2 heterocycles. The number of nitrogens with one attached hydrogen (secondary N) is 1. The number of amides is 1. The van der Waals surface area contributed by atoms with Crippen LogP contribution in [0.25, 0.3) is 0 Å². The number of likely N-dealkylation sites (tertiary alicyclic amines) is 1. The molecule has 0 saturated carbocycles. The maximum Gasteiger partial charge on any atom is 0.410 e. The highest BCUT2D eigenvalue weighted by molar-refractivity contribution is 5.68. The smallest absolute Gasteiger partial charge is 0.410 e. The van der Waals surface area contributed by atoms with E-state index in [4.69, 9.17) is 4.74 Å². The van der Waals surface area contributed by atoms with Crippen LogP contribution >= 0.6 is 0 Å². The molecule has 0 bridgehead atoms. The van der Waals surface area contributed by atoms with E-state index in [1.54, 1.807) is 6.20 Å². The minimum Gasteiger partial charge on any atom is -0.444 e. The monoisotopic (exact) mass is 293 g/mol. The molecule has 1 aromatic rings. The summed E-state index contributed by atoms with van der Waals surface area (Å²) in [6.45, 7) is 7.37. The Morgan fingerprint density at radius 1 is 1.43 bits per heavy atom. The summed E-state index contributed by atoms with van der Waals surface area (Å²) in [6.07, 6.45) is 9.04. The molecule has 0 aromatic carbocycles. The molecule has 5 heteroatoms. The molecule has 1 N–H and O–H groups in total. The second kappa shape index (κ2) is 6.96. The summed E-state index contributed by atoms with van der Waals surface area (Å²) in [5.74, 6) is 1.79. The lowest BCUT2D eigenvalue weighted by Crippen LogP contribution is -2.41. The molecule has 21 heavy (non-hydrogen) atoms. The van der Waals surface area contributed by atoms with E-state index in [-0.39, 0.29) is 6.09 Å². The van der Waals surface area contributed by atoms with Gasteiger partial charge < -0.3 is 14.6 Å². The first kappa shape index (κ1) is 15.9. The molecule has 1 aliphatic heterocycles. The Labute approximate surface area is 127 Å². The molecule has 1 aliphatic rings. The van der Waals surface area contributed by atoms with E-state index in [1.165, 1.54) is 6.42 Å². The standard InChI is InChI=1S/C16H27N3O2/c1-16(2,3)21-15(20)19-11-7-13(8-12-19)5-4-6-14-17-9-10-18-14/h9-10,13H,4-8,11-12H2,1-3H3,(H,17,18). The summed E-state index contributed by atoms with van der Waals surface area (Å²) in [4.78, 5) is 21.2. The first-order valence-electron chi connectivity index (χ1n) is 7.90. The minimum absolute atomic E-state index is 0.170. The van der Waals surface area contributed by atoms with Crippen molar-refractivity contribution in [3.05, 3.63) is 18.2 Å². The number of aromatic amines is 1. The van der Waals surface area contributed by atoms with E-state index in [0.717, 1.165) is 50.5 Å². The molecule has 0 spiro atoms. The zero-order valence-electron chi connectivity index (χ0n) is 13.4. The summed E-state index contributed by atoms with van der Waals surface area (Å²) < 4.78 is 5.42. The van der Waals surface area contributed by atoms with Crippen molar-refractivity contribution in [2.45, 2.75) is 58.5 Å². The highest BCUT2D eigenvalue weighted by Gasteiger charge is 2.26. The Morgan fingerprint density at radius 2 is 2.14 bits per heavy atom. The van der Waals surface area contributed by atoms with Crippen LogP contribution in [-0.2, 0) is 11.2 Å². The molecule has 1 saturated heterocycles. The number of hydrogen-bond donors (Lipinski definition) is 1. The van der Waals surface area contributed by atoms with E-state index >= 15 is 0 Å². The van der Waals surface area contributed by atoms with Crippen LogP contribution in [0.2, 0.25) is 0 Å². The van der Waals surface area contributed by atoms with Gasteiger partial charge in [-0.05, 0) is 52.4 Å². The van der Waals surface area contributed by atoms with Crippen molar-refractivity contribution >= 4 is 6.09 Å². The van der Waals surface area contributed by atoms with Crippen molar-refractivity contribution in [3.8, 4) is 0 Å². The number of carbonyl (C=O) groups is 1. The van der Waals surface area contributed by atoms with Crippen LogP contribution in [0.4, 0.5) is 4.79 Å². The Balaban J connectivity index is 1.65. The molecular formula is C16H27N3O2. The van der Waals surface area contributed by atoms with Crippen LogP contribution in [0, 0.1) is 5.92 Å². The molecule has 1 fully saturated rings. The third-order valence-electron chi connectivity index (χ3n) is 3.85. The quantitative estimate of drug-likeness (QED) is 0.926. The van der Waals surface area contributed by atoms with Crippen molar-refractivity contribution in [1.82, 2.24) is 14.9 Å². The van der Waals surface area contributed by atoms with Gasteiger partial charge in [-0.2, -0.15) is 0 Å². The van der Waals surface area contributed by atoms with Crippen LogP contribution in [0.3, 0.4) is 0 Å². The highest BCUT2D eigenvalue weighted by atomic mass is 16.6. The van der Waals surface area contributed by atoms with Gasteiger partial charge in [0.2, 0.25) is 0 Å². The third-order valence-corrected chi connectivity index (χ3v) is 3.85. The van der Waals surface area contributed by atoms with Gasteiger partial charge in [-0.3, -0.25) is 0 Å².